The number of ether oxygens (including phenoxy) is 1. The van der Waals surface area contributed by atoms with E-state index >= 15 is 0 Å². The van der Waals surface area contributed by atoms with E-state index in [0.29, 0.717) is 18.8 Å². The lowest BCUT2D eigenvalue weighted by Crippen LogP contribution is -2.36. The van der Waals surface area contributed by atoms with E-state index in [1.807, 2.05) is 77.7 Å². The Hall–Kier alpha value is -3.66. The number of carbonyl (C=O) groups excluding carboxylic acids is 1. The normalized spacial score (nSPS) is 10.7. The third kappa shape index (κ3) is 5.23. The van der Waals surface area contributed by atoms with Gasteiger partial charge in [0.05, 0.1) is 12.2 Å². The predicted molar refractivity (Wildman–Crippen MR) is 119 cm³/mol. The minimum Gasteiger partial charge on any atom is -0.484 e. The Bertz CT molecular complexity index is 1100. The number of nitrogens with zero attached hydrogens (tertiary/aromatic N) is 2. The molecule has 150 valence electrons. The Balaban J connectivity index is 1.43. The molecule has 0 unspecified atom stereocenters. The molecule has 1 amide bonds. The Morgan fingerprint density at radius 2 is 1.60 bits per heavy atom. The van der Waals surface area contributed by atoms with Gasteiger partial charge in [-0.25, -0.2) is 0 Å². The van der Waals surface area contributed by atoms with Crippen LogP contribution < -0.4 is 4.74 Å². The van der Waals surface area contributed by atoms with Gasteiger partial charge >= 0.3 is 0 Å². The smallest absolute Gasteiger partial charge is 0.260 e. The van der Waals surface area contributed by atoms with Crippen molar-refractivity contribution >= 4 is 16.7 Å². The number of fused-ring (bicyclic) bond motifs is 1. The van der Waals surface area contributed by atoms with Crippen LogP contribution >= 0.6 is 0 Å². The molecule has 30 heavy (non-hydrogen) atoms. The molecule has 4 nitrogen and oxygen atoms in total. The van der Waals surface area contributed by atoms with Gasteiger partial charge in [0, 0.05) is 12.7 Å². The van der Waals surface area contributed by atoms with Crippen LogP contribution in [0.25, 0.3) is 10.8 Å². The maximum atomic E-state index is 13.0. The van der Waals surface area contributed by atoms with E-state index in [1.165, 1.54) is 5.56 Å². The Morgan fingerprint density at radius 3 is 2.40 bits per heavy atom. The average molecular weight is 396 g/mol. The monoisotopic (exact) mass is 396 g/mol. The van der Waals surface area contributed by atoms with E-state index < -0.39 is 0 Å². The minimum atomic E-state index is -0.0512. The number of benzene rings is 3. The molecular formula is C26H24N2O2. The molecule has 0 aliphatic rings. The quantitative estimate of drug-likeness (QED) is 0.426. The first-order valence-electron chi connectivity index (χ1n) is 10.1. The largest absolute Gasteiger partial charge is 0.484 e. The molecule has 0 aliphatic heterocycles. The third-order valence-corrected chi connectivity index (χ3v) is 5.03. The van der Waals surface area contributed by atoms with E-state index in [9.17, 15) is 4.79 Å². The fourth-order valence-corrected chi connectivity index (χ4v) is 3.38. The van der Waals surface area contributed by atoms with Gasteiger partial charge in [-0.1, -0.05) is 66.7 Å². The molecule has 4 aromatic rings. The highest BCUT2D eigenvalue weighted by Gasteiger charge is 2.15. The maximum Gasteiger partial charge on any atom is 0.260 e. The summed E-state index contributed by atoms with van der Waals surface area (Å²) >= 11 is 0. The van der Waals surface area contributed by atoms with Crippen LogP contribution in [0.3, 0.4) is 0 Å². The molecule has 0 N–H and O–H groups in total. The Kier molecular flexibility index (Phi) is 6.35. The van der Waals surface area contributed by atoms with Crippen molar-refractivity contribution in [1.29, 1.82) is 0 Å². The topological polar surface area (TPSA) is 42.4 Å². The van der Waals surface area contributed by atoms with Crippen LogP contribution in [0, 0.1) is 0 Å². The lowest BCUT2D eigenvalue weighted by molar-refractivity contribution is -0.134. The first-order chi connectivity index (χ1) is 14.8. The van der Waals surface area contributed by atoms with E-state index in [1.54, 1.807) is 6.20 Å². The van der Waals surface area contributed by atoms with Crippen molar-refractivity contribution in [2.75, 3.05) is 13.2 Å². The molecule has 3 aromatic carbocycles. The highest BCUT2D eigenvalue weighted by molar-refractivity contribution is 5.84. The highest BCUT2D eigenvalue weighted by Crippen LogP contribution is 2.20. The van der Waals surface area contributed by atoms with Crippen molar-refractivity contribution in [2.24, 2.45) is 0 Å². The van der Waals surface area contributed by atoms with Crippen LogP contribution in [-0.4, -0.2) is 28.9 Å². The zero-order valence-corrected chi connectivity index (χ0v) is 16.8. The zero-order valence-electron chi connectivity index (χ0n) is 16.8. The minimum absolute atomic E-state index is 0.0000362. The molecule has 4 heteroatoms. The summed E-state index contributed by atoms with van der Waals surface area (Å²) in [5.74, 6) is 0.646. The van der Waals surface area contributed by atoms with Gasteiger partial charge in [0.1, 0.15) is 5.75 Å². The SMILES string of the molecule is O=C(COc1ccc2ccccc2c1)N(CCc1ccccc1)Cc1ccccn1. The molecule has 0 radical (unpaired) electrons. The molecule has 1 aromatic heterocycles. The molecule has 4 rings (SSSR count). The molecule has 0 bridgehead atoms. The standard InChI is InChI=1S/C26H24N2O2/c29-26(20-30-25-14-13-22-10-4-5-11-23(22)18-25)28(19-24-12-6-7-16-27-24)17-15-21-8-2-1-3-9-21/h1-14,16,18H,15,17,19-20H2. The fraction of sp³-hybridized carbons (Fsp3) is 0.154. The van der Waals surface area contributed by atoms with E-state index in [2.05, 4.69) is 23.2 Å². The van der Waals surface area contributed by atoms with Crippen molar-refractivity contribution in [1.82, 2.24) is 9.88 Å². The van der Waals surface area contributed by atoms with Crippen molar-refractivity contribution in [3.05, 3.63) is 108 Å². The molecule has 0 fully saturated rings. The Morgan fingerprint density at radius 1 is 0.833 bits per heavy atom. The van der Waals surface area contributed by atoms with Crippen LogP contribution in [0.5, 0.6) is 5.75 Å². The first kappa shape index (κ1) is 19.6. The van der Waals surface area contributed by atoms with Gasteiger partial charge in [-0.15, -0.1) is 0 Å². The van der Waals surface area contributed by atoms with Gasteiger partial charge in [-0.3, -0.25) is 9.78 Å². The van der Waals surface area contributed by atoms with E-state index in [-0.39, 0.29) is 12.5 Å². The summed E-state index contributed by atoms with van der Waals surface area (Å²) in [4.78, 5) is 19.2. The van der Waals surface area contributed by atoms with Gasteiger partial charge in [0.15, 0.2) is 6.61 Å². The number of amides is 1. The van der Waals surface area contributed by atoms with Crippen LogP contribution in [0.15, 0.2) is 97.2 Å². The van der Waals surface area contributed by atoms with Crippen LogP contribution in [-0.2, 0) is 17.8 Å². The molecule has 0 spiro atoms. The molecule has 0 saturated carbocycles. The van der Waals surface area contributed by atoms with Crippen molar-refractivity contribution in [2.45, 2.75) is 13.0 Å². The van der Waals surface area contributed by atoms with Crippen LogP contribution in [0.1, 0.15) is 11.3 Å². The highest BCUT2D eigenvalue weighted by atomic mass is 16.5. The summed E-state index contributed by atoms with van der Waals surface area (Å²) in [7, 11) is 0. The third-order valence-electron chi connectivity index (χ3n) is 5.03. The van der Waals surface area contributed by atoms with Gasteiger partial charge in [0.25, 0.3) is 5.91 Å². The summed E-state index contributed by atoms with van der Waals surface area (Å²) in [6.07, 6.45) is 2.54. The lowest BCUT2D eigenvalue weighted by atomic mass is 10.1. The van der Waals surface area contributed by atoms with Crippen molar-refractivity contribution in [3.8, 4) is 5.75 Å². The summed E-state index contributed by atoms with van der Waals surface area (Å²) in [5, 5.41) is 2.24. The number of aromatic nitrogens is 1. The van der Waals surface area contributed by atoms with Crippen molar-refractivity contribution < 1.29 is 9.53 Å². The van der Waals surface area contributed by atoms with E-state index in [0.717, 1.165) is 22.9 Å². The zero-order chi connectivity index (χ0) is 20.6. The van der Waals surface area contributed by atoms with E-state index in [4.69, 9.17) is 4.74 Å². The van der Waals surface area contributed by atoms with Crippen molar-refractivity contribution in [3.63, 3.8) is 0 Å². The molecule has 0 saturated heterocycles. The number of hydrogen-bond donors (Lipinski definition) is 0. The number of pyridine rings is 1. The maximum absolute atomic E-state index is 13.0. The first-order valence-corrected chi connectivity index (χ1v) is 10.1. The lowest BCUT2D eigenvalue weighted by Gasteiger charge is -2.22. The molecular weight excluding hydrogens is 372 g/mol. The predicted octanol–water partition coefficient (Wildman–Crippen LogP) is 4.89. The Labute approximate surface area is 176 Å². The summed E-state index contributed by atoms with van der Waals surface area (Å²) in [6.45, 7) is 1.08. The number of hydrogen-bond acceptors (Lipinski definition) is 3. The molecule has 0 atom stereocenters. The molecule has 0 aliphatic carbocycles. The second kappa shape index (κ2) is 9.70. The van der Waals surface area contributed by atoms with Gasteiger partial charge in [-0.05, 0) is 47.0 Å². The van der Waals surface area contributed by atoms with Crippen LogP contribution in [0.4, 0.5) is 0 Å². The molecule has 1 heterocycles. The second-order valence-electron chi connectivity index (χ2n) is 7.17. The van der Waals surface area contributed by atoms with Gasteiger partial charge in [0.2, 0.25) is 0 Å². The summed E-state index contributed by atoms with van der Waals surface area (Å²) in [5.41, 5.74) is 2.07. The summed E-state index contributed by atoms with van der Waals surface area (Å²) < 4.78 is 5.84. The average Bonchev–Trinajstić information content (AvgIpc) is 2.81. The second-order valence-corrected chi connectivity index (χ2v) is 7.17. The van der Waals surface area contributed by atoms with Gasteiger partial charge in [-0.2, -0.15) is 0 Å². The van der Waals surface area contributed by atoms with Crippen LogP contribution in [0.2, 0.25) is 0 Å². The number of rotatable bonds is 8. The number of carbonyl (C=O) groups is 1. The fourth-order valence-electron chi connectivity index (χ4n) is 3.38. The van der Waals surface area contributed by atoms with Gasteiger partial charge < -0.3 is 9.64 Å². The summed E-state index contributed by atoms with van der Waals surface area (Å²) in [6, 6.07) is 29.9.